The number of carbonyl (C=O) groups excluding carboxylic acids is 1. The quantitative estimate of drug-likeness (QED) is 0.724. The van der Waals surface area contributed by atoms with E-state index in [1.165, 1.54) is 0 Å². The van der Waals surface area contributed by atoms with Crippen LogP contribution in [0.3, 0.4) is 0 Å². The molecule has 8 heteroatoms. The van der Waals surface area contributed by atoms with Crippen LogP contribution < -0.4 is 5.32 Å². The highest BCUT2D eigenvalue weighted by atomic mass is 19.4. The molecule has 0 aromatic carbocycles. The van der Waals surface area contributed by atoms with E-state index in [0.29, 0.717) is 17.7 Å². The first kappa shape index (κ1) is 19.5. The van der Waals surface area contributed by atoms with Crippen LogP contribution >= 0.6 is 0 Å². The molecule has 21 heavy (non-hydrogen) atoms. The van der Waals surface area contributed by atoms with Crippen LogP contribution in [0.1, 0.15) is 33.6 Å². The largest absolute Gasteiger partial charge is 0.481 e. The van der Waals surface area contributed by atoms with Crippen molar-refractivity contribution in [1.29, 1.82) is 0 Å². The van der Waals surface area contributed by atoms with Crippen LogP contribution in [0.25, 0.3) is 0 Å². The maximum absolute atomic E-state index is 12.4. The average Bonchev–Trinajstić information content (AvgIpc) is 2.31. The van der Waals surface area contributed by atoms with Gasteiger partial charge in [-0.2, -0.15) is 13.2 Å². The van der Waals surface area contributed by atoms with Gasteiger partial charge < -0.3 is 15.3 Å². The molecule has 0 aromatic heterocycles. The predicted octanol–water partition coefficient (Wildman–Crippen LogP) is 2.72. The molecule has 0 spiro atoms. The minimum atomic E-state index is -4.48. The summed E-state index contributed by atoms with van der Waals surface area (Å²) in [7, 11) is 0. The molecule has 0 aromatic rings. The molecule has 5 nitrogen and oxygen atoms in total. The molecule has 0 fully saturated rings. The number of carboxylic acids is 1. The lowest BCUT2D eigenvalue weighted by Gasteiger charge is -2.25. The molecule has 0 saturated heterocycles. The van der Waals surface area contributed by atoms with E-state index < -0.39 is 30.6 Å². The van der Waals surface area contributed by atoms with Crippen LogP contribution in [0, 0.1) is 11.8 Å². The molecule has 0 bridgehead atoms. The molecule has 0 rings (SSSR count). The van der Waals surface area contributed by atoms with Crippen molar-refractivity contribution in [1.82, 2.24) is 10.2 Å². The Morgan fingerprint density at radius 1 is 1.29 bits per heavy atom. The summed E-state index contributed by atoms with van der Waals surface area (Å²) >= 11 is 0. The van der Waals surface area contributed by atoms with Gasteiger partial charge in [0.1, 0.15) is 6.54 Å². The zero-order valence-corrected chi connectivity index (χ0v) is 12.5. The molecule has 124 valence electrons. The van der Waals surface area contributed by atoms with Gasteiger partial charge in [-0.1, -0.05) is 20.8 Å². The topological polar surface area (TPSA) is 69.6 Å². The zero-order valence-electron chi connectivity index (χ0n) is 12.5. The summed E-state index contributed by atoms with van der Waals surface area (Å²) in [5, 5.41) is 11.3. The summed E-state index contributed by atoms with van der Waals surface area (Å²) in [6.45, 7) is 3.79. The Hall–Kier alpha value is -1.47. The second-order valence-corrected chi connectivity index (χ2v) is 5.39. The standard InChI is InChI=1S/C13H23F3N2O3/c1-4-5-18(8-13(14,15)16)12(21)17-7-10(11(19)20)6-9(2)3/h9-10H,4-8H2,1-3H3,(H,17,21)(H,19,20). The predicted molar refractivity (Wildman–Crippen MR) is 71.9 cm³/mol. The normalized spacial score (nSPS) is 13.1. The van der Waals surface area contributed by atoms with Crippen molar-refractivity contribution < 1.29 is 27.9 Å². The first-order valence-corrected chi connectivity index (χ1v) is 6.89. The van der Waals surface area contributed by atoms with Gasteiger partial charge in [0.2, 0.25) is 0 Å². The molecular weight excluding hydrogens is 289 g/mol. The number of nitrogens with one attached hydrogen (secondary N) is 1. The maximum atomic E-state index is 12.4. The Labute approximate surface area is 122 Å². The number of aliphatic carboxylic acids is 1. The van der Waals surface area contributed by atoms with Gasteiger partial charge >= 0.3 is 18.2 Å². The highest BCUT2D eigenvalue weighted by Crippen LogP contribution is 2.17. The molecule has 1 atom stereocenters. The maximum Gasteiger partial charge on any atom is 0.406 e. The van der Waals surface area contributed by atoms with E-state index in [4.69, 9.17) is 5.11 Å². The summed E-state index contributed by atoms with van der Waals surface area (Å²) < 4.78 is 37.1. The lowest BCUT2D eigenvalue weighted by molar-refractivity contribution is -0.143. The Kier molecular flexibility index (Phi) is 8.12. The minimum absolute atomic E-state index is 0.0345. The van der Waals surface area contributed by atoms with E-state index in [-0.39, 0.29) is 19.0 Å². The fourth-order valence-corrected chi connectivity index (χ4v) is 1.90. The van der Waals surface area contributed by atoms with E-state index >= 15 is 0 Å². The number of carboxylic acid groups (broad SMARTS) is 1. The Balaban J connectivity index is 4.56. The van der Waals surface area contributed by atoms with Crippen molar-refractivity contribution in [2.75, 3.05) is 19.6 Å². The SMILES string of the molecule is CCCN(CC(F)(F)F)C(=O)NCC(CC(C)C)C(=O)O. The second-order valence-electron chi connectivity index (χ2n) is 5.39. The van der Waals surface area contributed by atoms with Crippen molar-refractivity contribution in [2.45, 2.75) is 39.8 Å². The molecule has 0 heterocycles. The van der Waals surface area contributed by atoms with Gasteiger partial charge in [0.05, 0.1) is 5.92 Å². The monoisotopic (exact) mass is 312 g/mol. The minimum Gasteiger partial charge on any atom is -0.481 e. The average molecular weight is 312 g/mol. The molecule has 2 N–H and O–H groups in total. The van der Waals surface area contributed by atoms with Crippen molar-refractivity contribution >= 4 is 12.0 Å². The summed E-state index contributed by atoms with van der Waals surface area (Å²) in [6, 6.07) is -0.885. The second kappa shape index (κ2) is 8.74. The van der Waals surface area contributed by atoms with Gasteiger partial charge in [0.25, 0.3) is 0 Å². The fraction of sp³-hybridized carbons (Fsp3) is 0.846. The number of alkyl halides is 3. The molecule has 0 aliphatic heterocycles. The van der Waals surface area contributed by atoms with E-state index in [1.807, 2.05) is 13.8 Å². The summed E-state index contributed by atoms with van der Waals surface area (Å²) in [4.78, 5) is 23.4. The number of hydrogen-bond acceptors (Lipinski definition) is 2. The lowest BCUT2D eigenvalue weighted by Crippen LogP contribution is -2.47. The number of amides is 2. The number of hydrogen-bond donors (Lipinski definition) is 2. The van der Waals surface area contributed by atoms with Crippen LogP contribution in [0.15, 0.2) is 0 Å². The summed E-state index contributed by atoms with van der Waals surface area (Å²) in [5.74, 6) is -1.75. The molecule has 1 unspecified atom stereocenters. The van der Waals surface area contributed by atoms with E-state index in [1.54, 1.807) is 6.92 Å². The fourth-order valence-electron chi connectivity index (χ4n) is 1.90. The van der Waals surface area contributed by atoms with E-state index in [9.17, 15) is 22.8 Å². The van der Waals surface area contributed by atoms with E-state index in [0.717, 1.165) is 0 Å². The van der Waals surface area contributed by atoms with Crippen LogP contribution in [-0.4, -0.2) is 47.8 Å². The van der Waals surface area contributed by atoms with Crippen LogP contribution in [0.5, 0.6) is 0 Å². The van der Waals surface area contributed by atoms with Gasteiger partial charge in [-0.25, -0.2) is 4.79 Å². The molecule has 0 aliphatic carbocycles. The highest BCUT2D eigenvalue weighted by molar-refractivity contribution is 5.76. The van der Waals surface area contributed by atoms with Gasteiger partial charge in [-0.3, -0.25) is 4.79 Å². The first-order valence-electron chi connectivity index (χ1n) is 6.89. The van der Waals surface area contributed by atoms with Gasteiger partial charge in [-0.15, -0.1) is 0 Å². The molecule has 0 aliphatic rings. The smallest absolute Gasteiger partial charge is 0.406 e. The van der Waals surface area contributed by atoms with Crippen molar-refractivity contribution in [2.24, 2.45) is 11.8 Å². The van der Waals surface area contributed by atoms with Gasteiger partial charge in [0, 0.05) is 13.1 Å². The van der Waals surface area contributed by atoms with Crippen molar-refractivity contribution in [3.05, 3.63) is 0 Å². The summed E-state index contributed by atoms with van der Waals surface area (Å²) in [5.41, 5.74) is 0. The third-order valence-electron chi connectivity index (χ3n) is 2.76. The number of halogens is 3. The number of nitrogens with zero attached hydrogens (tertiary/aromatic N) is 1. The number of urea groups is 1. The third-order valence-corrected chi connectivity index (χ3v) is 2.76. The lowest BCUT2D eigenvalue weighted by atomic mass is 9.97. The number of rotatable bonds is 8. The Morgan fingerprint density at radius 3 is 2.24 bits per heavy atom. The van der Waals surface area contributed by atoms with Crippen molar-refractivity contribution in [3.8, 4) is 0 Å². The highest BCUT2D eigenvalue weighted by Gasteiger charge is 2.33. The Bertz CT molecular complexity index is 346. The molecular formula is C13H23F3N2O3. The summed E-state index contributed by atoms with van der Waals surface area (Å²) in [6.07, 6.45) is -3.74. The van der Waals surface area contributed by atoms with E-state index in [2.05, 4.69) is 5.32 Å². The molecule has 0 radical (unpaired) electrons. The third kappa shape index (κ3) is 9.14. The first-order chi connectivity index (χ1) is 9.56. The zero-order chi connectivity index (χ0) is 16.6. The van der Waals surface area contributed by atoms with Gasteiger partial charge in [-0.05, 0) is 18.8 Å². The molecule has 0 saturated carbocycles. The van der Waals surface area contributed by atoms with Crippen molar-refractivity contribution in [3.63, 3.8) is 0 Å². The van der Waals surface area contributed by atoms with Crippen LogP contribution in [0.2, 0.25) is 0 Å². The van der Waals surface area contributed by atoms with Crippen LogP contribution in [0.4, 0.5) is 18.0 Å². The Morgan fingerprint density at radius 2 is 1.86 bits per heavy atom. The molecule has 2 amide bonds. The van der Waals surface area contributed by atoms with Crippen LogP contribution in [-0.2, 0) is 4.79 Å². The number of carbonyl (C=O) groups is 2. The van der Waals surface area contributed by atoms with Gasteiger partial charge in [0.15, 0.2) is 0 Å².